The molecule has 1 aliphatic rings. The smallest absolute Gasteiger partial charge is 0.214 e. The van der Waals surface area contributed by atoms with Crippen LogP contribution in [0.5, 0.6) is 0 Å². The maximum absolute atomic E-state index is 12.0. The van der Waals surface area contributed by atoms with Crippen molar-refractivity contribution in [1.29, 1.82) is 0 Å². The molecular formula is C10H22N2O2S2. The van der Waals surface area contributed by atoms with Crippen molar-refractivity contribution in [2.75, 3.05) is 37.9 Å². The molecule has 1 fully saturated rings. The van der Waals surface area contributed by atoms with Gasteiger partial charge in [0.2, 0.25) is 10.0 Å². The van der Waals surface area contributed by atoms with E-state index >= 15 is 0 Å². The van der Waals surface area contributed by atoms with E-state index in [-0.39, 0.29) is 11.8 Å². The van der Waals surface area contributed by atoms with Gasteiger partial charge in [-0.1, -0.05) is 0 Å². The molecule has 1 heterocycles. The molecule has 0 radical (unpaired) electrons. The third kappa shape index (κ3) is 4.24. The van der Waals surface area contributed by atoms with Gasteiger partial charge < -0.3 is 5.32 Å². The number of hydrogen-bond acceptors (Lipinski definition) is 4. The zero-order valence-electron chi connectivity index (χ0n) is 10.1. The molecule has 1 saturated heterocycles. The van der Waals surface area contributed by atoms with E-state index in [0.29, 0.717) is 0 Å². The second-order valence-corrected chi connectivity index (χ2v) is 7.46. The van der Waals surface area contributed by atoms with Crippen LogP contribution in [0.15, 0.2) is 0 Å². The van der Waals surface area contributed by atoms with E-state index in [4.69, 9.17) is 0 Å². The third-order valence-corrected chi connectivity index (χ3v) is 6.06. The van der Waals surface area contributed by atoms with Crippen molar-refractivity contribution < 1.29 is 8.42 Å². The summed E-state index contributed by atoms with van der Waals surface area (Å²) in [5.74, 6) is 2.32. The Balaban J connectivity index is 2.36. The molecule has 96 valence electrons. The minimum Gasteiger partial charge on any atom is -0.320 e. The molecular weight excluding hydrogens is 244 g/mol. The Bertz CT molecular complexity index is 287. The minimum atomic E-state index is -3.03. The van der Waals surface area contributed by atoms with Crippen molar-refractivity contribution in [3.8, 4) is 0 Å². The van der Waals surface area contributed by atoms with Gasteiger partial charge in [0.1, 0.15) is 0 Å². The van der Waals surface area contributed by atoms with Crippen molar-refractivity contribution in [3.63, 3.8) is 0 Å². The molecule has 0 amide bonds. The Morgan fingerprint density at radius 2 is 2.19 bits per heavy atom. The molecule has 1 atom stereocenters. The Labute approximate surface area is 103 Å². The van der Waals surface area contributed by atoms with Crippen LogP contribution in [0, 0.1) is 0 Å². The molecule has 16 heavy (non-hydrogen) atoms. The molecule has 0 bridgehead atoms. The Morgan fingerprint density at radius 1 is 1.44 bits per heavy atom. The summed E-state index contributed by atoms with van der Waals surface area (Å²) in [6, 6.07) is 0.222. The van der Waals surface area contributed by atoms with E-state index in [1.54, 1.807) is 11.4 Å². The largest absolute Gasteiger partial charge is 0.320 e. The van der Waals surface area contributed by atoms with Crippen LogP contribution in [0.2, 0.25) is 0 Å². The van der Waals surface area contributed by atoms with Crippen molar-refractivity contribution in [2.24, 2.45) is 0 Å². The fourth-order valence-electron chi connectivity index (χ4n) is 1.77. The van der Waals surface area contributed by atoms with Gasteiger partial charge in [-0.05, 0) is 38.6 Å². The lowest BCUT2D eigenvalue weighted by atomic mass is 10.3. The molecule has 6 heteroatoms. The highest BCUT2D eigenvalue weighted by Gasteiger charge is 2.28. The molecule has 0 aromatic rings. The highest BCUT2D eigenvalue weighted by atomic mass is 32.2. The number of thioether (sulfide) groups is 1. The number of hydrogen-bond donors (Lipinski definition) is 1. The van der Waals surface area contributed by atoms with Gasteiger partial charge >= 0.3 is 0 Å². The molecule has 0 saturated carbocycles. The number of rotatable bonds is 7. The van der Waals surface area contributed by atoms with Gasteiger partial charge in [-0.15, -0.1) is 0 Å². The van der Waals surface area contributed by atoms with Gasteiger partial charge in [-0.3, -0.25) is 0 Å². The SMILES string of the molecule is CNCCCCS(=O)(=O)N(C)C1CCSC1. The zero-order valence-corrected chi connectivity index (χ0v) is 11.7. The van der Waals surface area contributed by atoms with Crippen LogP contribution in [0.25, 0.3) is 0 Å². The third-order valence-electron chi connectivity index (χ3n) is 2.94. The van der Waals surface area contributed by atoms with Gasteiger partial charge in [0, 0.05) is 18.8 Å². The first-order chi connectivity index (χ1) is 7.58. The molecule has 1 unspecified atom stereocenters. The van der Waals surface area contributed by atoms with Crippen LogP contribution in [0.3, 0.4) is 0 Å². The average Bonchev–Trinajstić information content (AvgIpc) is 2.76. The first kappa shape index (κ1) is 14.3. The van der Waals surface area contributed by atoms with E-state index in [9.17, 15) is 8.42 Å². The Hall–Kier alpha value is 0.220. The monoisotopic (exact) mass is 266 g/mol. The number of nitrogens with one attached hydrogen (secondary N) is 1. The predicted octanol–water partition coefficient (Wildman–Crippen LogP) is 0.753. The van der Waals surface area contributed by atoms with Gasteiger partial charge in [0.25, 0.3) is 0 Å². The highest BCUT2D eigenvalue weighted by Crippen LogP contribution is 2.23. The molecule has 1 rings (SSSR count). The van der Waals surface area contributed by atoms with Gasteiger partial charge in [0.05, 0.1) is 5.75 Å². The lowest BCUT2D eigenvalue weighted by Gasteiger charge is -2.23. The van der Waals surface area contributed by atoms with Crippen LogP contribution in [0.4, 0.5) is 0 Å². The number of sulfonamides is 1. The predicted molar refractivity (Wildman–Crippen MR) is 70.4 cm³/mol. The lowest BCUT2D eigenvalue weighted by molar-refractivity contribution is 0.393. The molecule has 1 N–H and O–H groups in total. The molecule has 1 aliphatic heterocycles. The fourth-order valence-corrected chi connectivity index (χ4v) is 4.62. The average molecular weight is 266 g/mol. The van der Waals surface area contributed by atoms with Gasteiger partial charge in [0.15, 0.2) is 0 Å². The summed E-state index contributed by atoms with van der Waals surface area (Å²) in [5, 5.41) is 3.03. The lowest BCUT2D eigenvalue weighted by Crippen LogP contribution is -2.38. The van der Waals surface area contributed by atoms with Crippen molar-refractivity contribution >= 4 is 21.8 Å². The normalized spacial score (nSPS) is 21.8. The molecule has 0 aliphatic carbocycles. The van der Waals surface area contributed by atoms with E-state index in [1.807, 2.05) is 18.8 Å². The van der Waals surface area contributed by atoms with Crippen molar-refractivity contribution in [2.45, 2.75) is 25.3 Å². The summed E-state index contributed by atoms with van der Waals surface area (Å²) in [6.07, 6.45) is 2.66. The van der Waals surface area contributed by atoms with Crippen LogP contribution >= 0.6 is 11.8 Å². The second kappa shape index (κ2) is 6.83. The number of nitrogens with zero attached hydrogens (tertiary/aromatic N) is 1. The maximum Gasteiger partial charge on any atom is 0.214 e. The van der Waals surface area contributed by atoms with E-state index < -0.39 is 10.0 Å². The standard InChI is InChI=1S/C10H22N2O2S2/c1-11-6-3-4-8-16(13,14)12(2)10-5-7-15-9-10/h10-11H,3-9H2,1-2H3. The maximum atomic E-state index is 12.0. The van der Waals surface area contributed by atoms with E-state index in [0.717, 1.165) is 37.3 Å². The summed E-state index contributed by atoms with van der Waals surface area (Å²) >= 11 is 1.84. The van der Waals surface area contributed by atoms with Crippen LogP contribution in [0.1, 0.15) is 19.3 Å². The summed E-state index contributed by atoms with van der Waals surface area (Å²) in [7, 11) is 0.579. The second-order valence-electron chi connectivity index (χ2n) is 4.16. The van der Waals surface area contributed by atoms with Crippen LogP contribution in [-0.4, -0.2) is 56.7 Å². The fraction of sp³-hybridized carbons (Fsp3) is 1.00. The van der Waals surface area contributed by atoms with Crippen LogP contribution in [-0.2, 0) is 10.0 Å². The van der Waals surface area contributed by atoms with E-state index in [2.05, 4.69) is 5.32 Å². The molecule has 0 spiro atoms. The molecule has 0 aromatic carbocycles. The zero-order chi connectivity index (χ0) is 12.0. The Kier molecular flexibility index (Phi) is 6.10. The molecule has 4 nitrogen and oxygen atoms in total. The summed E-state index contributed by atoms with van der Waals surface area (Å²) < 4.78 is 25.5. The highest BCUT2D eigenvalue weighted by molar-refractivity contribution is 7.99. The molecule has 0 aromatic heterocycles. The van der Waals surface area contributed by atoms with E-state index in [1.165, 1.54) is 0 Å². The summed E-state index contributed by atoms with van der Waals surface area (Å²) in [6.45, 7) is 0.887. The van der Waals surface area contributed by atoms with Gasteiger partial charge in [-0.2, -0.15) is 11.8 Å². The quantitative estimate of drug-likeness (QED) is 0.691. The Morgan fingerprint density at radius 3 is 2.75 bits per heavy atom. The first-order valence-corrected chi connectivity index (χ1v) is 8.52. The van der Waals surface area contributed by atoms with Crippen molar-refractivity contribution in [3.05, 3.63) is 0 Å². The first-order valence-electron chi connectivity index (χ1n) is 5.76. The summed E-state index contributed by atoms with van der Waals surface area (Å²) in [4.78, 5) is 0. The minimum absolute atomic E-state index is 0.222. The summed E-state index contributed by atoms with van der Waals surface area (Å²) in [5.41, 5.74) is 0. The topological polar surface area (TPSA) is 49.4 Å². The number of unbranched alkanes of at least 4 members (excludes halogenated alkanes) is 1. The van der Waals surface area contributed by atoms with Gasteiger partial charge in [-0.25, -0.2) is 12.7 Å². The van der Waals surface area contributed by atoms with Crippen LogP contribution < -0.4 is 5.32 Å². The van der Waals surface area contributed by atoms with Crippen molar-refractivity contribution in [1.82, 2.24) is 9.62 Å².